The number of hydrogen-bond acceptors (Lipinski definition) is 4. The fourth-order valence-electron chi connectivity index (χ4n) is 2.13. The van der Waals surface area contributed by atoms with Crippen molar-refractivity contribution in [1.82, 2.24) is 14.5 Å². The highest BCUT2D eigenvalue weighted by Gasteiger charge is 2.15. The largest absolute Gasteiger partial charge is 0.384 e. The number of nitrogens with two attached hydrogens (primary N) is 1. The first-order chi connectivity index (χ1) is 9.65. The van der Waals surface area contributed by atoms with Crippen molar-refractivity contribution in [3.63, 3.8) is 0 Å². The van der Waals surface area contributed by atoms with Crippen LogP contribution in [0, 0.1) is 0 Å². The Kier molecular flexibility index (Phi) is 3.46. The van der Waals surface area contributed by atoms with E-state index < -0.39 is 0 Å². The summed E-state index contributed by atoms with van der Waals surface area (Å²) < 4.78 is 2.90. The van der Waals surface area contributed by atoms with Gasteiger partial charge in [0.15, 0.2) is 0 Å². The normalized spacial score (nSPS) is 12.5. The average molecular weight is 305 g/mol. The fourth-order valence-corrected chi connectivity index (χ4v) is 3.25. The van der Waals surface area contributed by atoms with Gasteiger partial charge in [0.1, 0.15) is 5.82 Å². The van der Waals surface area contributed by atoms with Crippen molar-refractivity contribution in [3.05, 3.63) is 52.2 Å². The second-order valence-corrected chi connectivity index (χ2v) is 6.22. The Hall–Kier alpha value is -1.85. The molecule has 0 saturated heterocycles. The summed E-state index contributed by atoms with van der Waals surface area (Å²) in [5.41, 5.74) is 7.76. The number of halogens is 1. The van der Waals surface area contributed by atoms with Crippen LogP contribution in [0.15, 0.2) is 43.0 Å². The van der Waals surface area contributed by atoms with E-state index in [1.54, 1.807) is 17.5 Å². The Morgan fingerprint density at radius 1 is 1.35 bits per heavy atom. The second kappa shape index (κ2) is 5.26. The smallest absolute Gasteiger partial charge is 0.123 e. The number of aromatic nitrogens is 3. The van der Waals surface area contributed by atoms with Crippen LogP contribution in [-0.4, -0.2) is 14.5 Å². The first-order valence-corrected chi connectivity index (χ1v) is 7.33. The summed E-state index contributed by atoms with van der Waals surface area (Å²) >= 11 is 7.59. The average Bonchev–Trinajstić information content (AvgIpc) is 3.06. The van der Waals surface area contributed by atoms with Crippen molar-refractivity contribution in [2.24, 2.45) is 0 Å². The van der Waals surface area contributed by atoms with Gasteiger partial charge in [-0.25, -0.2) is 9.97 Å². The van der Waals surface area contributed by atoms with Gasteiger partial charge in [0.25, 0.3) is 0 Å². The number of pyridine rings is 1. The van der Waals surface area contributed by atoms with Crippen LogP contribution in [0.3, 0.4) is 0 Å². The van der Waals surface area contributed by atoms with Crippen LogP contribution < -0.4 is 5.73 Å². The molecule has 3 aromatic heterocycles. The topological polar surface area (TPSA) is 56.7 Å². The number of rotatable bonds is 3. The molecule has 6 heteroatoms. The van der Waals surface area contributed by atoms with Crippen molar-refractivity contribution < 1.29 is 0 Å². The lowest BCUT2D eigenvalue weighted by molar-refractivity contribution is 0.656. The first-order valence-electron chi connectivity index (χ1n) is 6.14. The molecule has 1 atom stereocenters. The third-order valence-corrected chi connectivity index (χ3v) is 4.57. The zero-order valence-corrected chi connectivity index (χ0v) is 12.4. The van der Waals surface area contributed by atoms with Crippen LogP contribution in [0.5, 0.6) is 0 Å². The van der Waals surface area contributed by atoms with Crippen LogP contribution in [0.2, 0.25) is 4.34 Å². The first kappa shape index (κ1) is 13.1. The van der Waals surface area contributed by atoms with Gasteiger partial charge < -0.3 is 10.3 Å². The van der Waals surface area contributed by atoms with Crippen LogP contribution >= 0.6 is 22.9 Å². The molecule has 0 aliphatic rings. The van der Waals surface area contributed by atoms with Gasteiger partial charge in [0.2, 0.25) is 0 Å². The maximum absolute atomic E-state index is 6.01. The van der Waals surface area contributed by atoms with Crippen LogP contribution in [0.1, 0.15) is 17.8 Å². The van der Waals surface area contributed by atoms with Crippen molar-refractivity contribution in [2.45, 2.75) is 13.0 Å². The van der Waals surface area contributed by atoms with E-state index in [1.165, 1.54) is 4.88 Å². The molecule has 0 saturated carbocycles. The molecule has 3 rings (SSSR count). The van der Waals surface area contributed by atoms with Gasteiger partial charge in [-0.3, -0.25) is 0 Å². The molecule has 0 amide bonds. The van der Waals surface area contributed by atoms with Crippen LogP contribution in [0.4, 0.5) is 5.82 Å². The summed E-state index contributed by atoms with van der Waals surface area (Å²) in [6, 6.07) is 7.90. The monoisotopic (exact) mass is 304 g/mol. The standard InChI is InChI=1S/C14H13ClN4S/c1-9(12-2-3-13(15)20-12)19-8-17-7-11(19)10-4-5-18-14(16)6-10/h2-9H,1H3,(H2,16,18). The number of thiophene rings is 1. The Bertz CT molecular complexity index is 734. The molecule has 4 nitrogen and oxygen atoms in total. The Balaban J connectivity index is 2.02. The van der Waals surface area contributed by atoms with E-state index >= 15 is 0 Å². The molecule has 102 valence electrons. The minimum atomic E-state index is 0.166. The summed E-state index contributed by atoms with van der Waals surface area (Å²) in [7, 11) is 0. The molecule has 0 aromatic carbocycles. The zero-order chi connectivity index (χ0) is 14.1. The minimum Gasteiger partial charge on any atom is -0.384 e. The van der Waals surface area contributed by atoms with E-state index in [9.17, 15) is 0 Å². The number of nitrogens with zero attached hydrogens (tertiary/aromatic N) is 3. The Labute approximate surface area is 125 Å². The predicted octanol–water partition coefficient (Wildman–Crippen LogP) is 3.85. The van der Waals surface area contributed by atoms with E-state index in [2.05, 4.69) is 21.5 Å². The van der Waals surface area contributed by atoms with Gasteiger partial charge in [-0.2, -0.15) is 0 Å². The summed E-state index contributed by atoms with van der Waals surface area (Å²) in [5, 5.41) is 0. The number of nitrogen functional groups attached to an aromatic ring is 1. The van der Waals surface area contributed by atoms with Gasteiger partial charge in [-0.05, 0) is 31.2 Å². The van der Waals surface area contributed by atoms with Crippen molar-refractivity contribution >= 4 is 28.8 Å². The lowest BCUT2D eigenvalue weighted by atomic mass is 10.2. The minimum absolute atomic E-state index is 0.166. The lowest BCUT2D eigenvalue weighted by Crippen LogP contribution is -2.05. The summed E-state index contributed by atoms with van der Waals surface area (Å²) in [6.45, 7) is 2.12. The van der Waals surface area contributed by atoms with Crippen molar-refractivity contribution in [3.8, 4) is 11.3 Å². The van der Waals surface area contributed by atoms with Gasteiger partial charge in [-0.15, -0.1) is 11.3 Å². The molecule has 3 heterocycles. The molecule has 20 heavy (non-hydrogen) atoms. The number of hydrogen-bond donors (Lipinski definition) is 1. The maximum Gasteiger partial charge on any atom is 0.123 e. The van der Waals surface area contributed by atoms with Gasteiger partial charge in [0.05, 0.1) is 28.6 Å². The SMILES string of the molecule is CC(c1ccc(Cl)s1)n1cncc1-c1ccnc(N)c1. The van der Waals surface area contributed by atoms with Crippen LogP contribution in [-0.2, 0) is 0 Å². The molecule has 0 fully saturated rings. The number of imidazole rings is 1. The molecule has 0 aliphatic carbocycles. The molecular weight excluding hydrogens is 292 g/mol. The highest BCUT2D eigenvalue weighted by atomic mass is 35.5. The van der Waals surface area contributed by atoms with Crippen molar-refractivity contribution in [1.29, 1.82) is 0 Å². The molecule has 0 bridgehead atoms. The fraction of sp³-hybridized carbons (Fsp3) is 0.143. The Morgan fingerprint density at radius 2 is 2.20 bits per heavy atom. The van der Waals surface area contributed by atoms with Crippen molar-refractivity contribution in [2.75, 3.05) is 5.73 Å². The summed E-state index contributed by atoms with van der Waals surface area (Å²) in [6.07, 6.45) is 5.36. The molecular formula is C14H13ClN4S. The highest BCUT2D eigenvalue weighted by Crippen LogP contribution is 2.32. The predicted molar refractivity (Wildman–Crippen MR) is 83.0 cm³/mol. The summed E-state index contributed by atoms with van der Waals surface area (Å²) in [4.78, 5) is 9.46. The molecule has 3 aromatic rings. The van der Waals surface area contributed by atoms with Gasteiger partial charge in [-0.1, -0.05) is 11.6 Å². The molecule has 1 unspecified atom stereocenters. The van der Waals surface area contributed by atoms with E-state index in [0.717, 1.165) is 15.6 Å². The third kappa shape index (κ3) is 2.42. The Morgan fingerprint density at radius 3 is 2.90 bits per heavy atom. The maximum atomic E-state index is 6.01. The van der Waals surface area contributed by atoms with Gasteiger partial charge >= 0.3 is 0 Å². The van der Waals surface area contributed by atoms with E-state index in [4.69, 9.17) is 17.3 Å². The second-order valence-electron chi connectivity index (χ2n) is 4.47. The number of anilines is 1. The summed E-state index contributed by atoms with van der Waals surface area (Å²) in [5.74, 6) is 0.502. The van der Waals surface area contributed by atoms with E-state index in [-0.39, 0.29) is 6.04 Å². The molecule has 0 radical (unpaired) electrons. The van der Waals surface area contributed by atoms with Gasteiger partial charge in [0, 0.05) is 16.6 Å². The third-order valence-electron chi connectivity index (χ3n) is 3.17. The molecule has 0 aliphatic heterocycles. The lowest BCUT2D eigenvalue weighted by Gasteiger charge is -2.15. The highest BCUT2D eigenvalue weighted by molar-refractivity contribution is 7.16. The quantitative estimate of drug-likeness (QED) is 0.799. The molecule has 2 N–H and O–H groups in total. The van der Waals surface area contributed by atoms with E-state index in [1.807, 2.05) is 36.8 Å². The van der Waals surface area contributed by atoms with Crippen LogP contribution in [0.25, 0.3) is 11.3 Å². The molecule has 0 spiro atoms. The van der Waals surface area contributed by atoms with E-state index in [0.29, 0.717) is 5.82 Å². The zero-order valence-electron chi connectivity index (χ0n) is 10.8.